The Morgan fingerprint density at radius 1 is 1.61 bits per heavy atom. The molecule has 5 nitrogen and oxygen atoms in total. The van der Waals surface area contributed by atoms with Crippen molar-refractivity contribution < 1.29 is 9.84 Å². The Balaban J connectivity index is 2.16. The molecular weight excluding hydrogens is 230 g/mol. The number of anilines is 1. The number of hydrogen-bond donors (Lipinski definition) is 2. The average Bonchev–Trinajstić information content (AvgIpc) is 2.73. The number of nitrogens with zero attached hydrogens (tertiary/aromatic N) is 2. The molecule has 0 aliphatic carbocycles. The first-order valence-corrected chi connectivity index (χ1v) is 5.96. The number of nitriles is 1. The van der Waals surface area contributed by atoms with Gasteiger partial charge in [-0.25, -0.2) is 4.98 Å². The molecule has 0 spiro atoms. The van der Waals surface area contributed by atoms with Gasteiger partial charge in [0.15, 0.2) is 0 Å². The van der Waals surface area contributed by atoms with Gasteiger partial charge < -0.3 is 15.2 Å². The van der Waals surface area contributed by atoms with Crippen LogP contribution < -0.4 is 5.32 Å². The fraction of sp³-hybridized carbons (Fsp3) is 0.538. The van der Waals surface area contributed by atoms with Gasteiger partial charge in [0.2, 0.25) is 0 Å². The molecule has 2 rings (SSSR count). The van der Waals surface area contributed by atoms with Gasteiger partial charge in [-0.1, -0.05) is 0 Å². The van der Waals surface area contributed by atoms with Crippen molar-refractivity contribution in [2.45, 2.75) is 25.9 Å². The van der Waals surface area contributed by atoms with E-state index in [0.717, 1.165) is 11.3 Å². The molecule has 1 aliphatic rings. The predicted octanol–water partition coefficient (Wildman–Crippen LogP) is 1.13. The molecule has 0 amide bonds. The Hall–Kier alpha value is -1.64. The molecule has 1 aromatic rings. The van der Waals surface area contributed by atoms with Crippen molar-refractivity contribution in [2.24, 2.45) is 0 Å². The van der Waals surface area contributed by atoms with E-state index in [9.17, 15) is 5.11 Å². The van der Waals surface area contributed by atoms with Gasteiger partial charge in [0, 0.05) is 25.3 Å². The fourth-order valence-corrected chi connectivity index (χ4v) is 2.09. The summed E-state index contributed by atoms with van der Waals surface area (Å²) in [5.41, 5.74) is 1.42. The summed E-state index contributed by atoms with van der Waals surface area (Å²) >= 11 is 0. The maximum absolute atomic E-state index is 10.2. The second kappa shape index (κ2) is 4.92. The minimum absolute atomic E-state index is 0.326. The van der Waals surface area contributed by atoms with E-state index < -0.39 is 5.60 Å². The average molecular weight is 247 g/mol. The lowest BCUT2D eigenvalue weighted by molar-refractivity contribution is 0.0381. The molecule has 1 fully saturated rings. The first-order valence-electron chi connectivity index (χ1n) is 5.96. The normalized spacial score (nSPS) is 22.8. The van der Waals surface area contributed by atoms with Crippen molar-refractivity contribution in [3.05, 3.63) is 22.9 Å². The summed E-state index contributed by atoms with van der Waals surface area (Å²) in [6, 6.07) is 4.01. The molecule has 0 aromatic carbocycles. The van der Waals surface area contributed by atoms with E-state index in [0.29, 0.717) is 37.6 Å². The Bertz CT molecular complexity index is 488. The third-order valence-corrected chi connectivity index (χ3v) is 3.12. The summed E-state index contributed by atoms with van der Waals surface area (Å²) in [7, 11) is 0. The third-order valence-electron chi connectivity index (χ3n) is 3.12. The summed E-state index contributed by atoms with van der Waals surface area (Å²) in [6.07, 6.45) is 0.604. The first kappa shape index (κ1) is 12.8. The van der Waals surface area contributed by atoms with Crippen LogP contribution in [-0.2, 0) is 4.74 Å². The molecule has 0 radical (unpaired) electrons. The van der Waals surface area contributed by atoms with E-state index in [4.69, 9.17) is 10.00 Å². The highest BCUT2D eigenvalue weighted by atomic mass is 16.5. The van der Waals surface area contributed by atoms with E-state index >= 15 is 0 Å². The van der Waals surface area contributed by atoms with Crippen LogP contribution in [-0.4, -0.2) is 35.5 Å². The fourth-order valence-electron chi connectivity index (χ4n) is 2.09. The summed E-state index contributed by atoms with van der Waals surface area (Å²) < 4.78 is 5.18. The van der Waals surface area contributed by atoms with Crippen molar-refractivity contribution >= 4 is 5.82 Å². The Kier molecular flexibility index (Phi) is 3.50. The zero-order valence-corrected chi connectivity index (χ0v) is 10.7. The lowest BCUT2D eigenvalue weighted by atomic mass is 10.0. The SMILES string of the molecule is Cc1cc(C)c(C#N)c(NCC2(O)CCOC2)n1. The van der Waals surface area contributed by atoms with Gasteiger partial charge in [-0.15, -0.1) is 0 Å². The highest BCUT2D eigenvalue weighted by molar-refractivity contribution is 5.56. The minimum atomic E-state index is -0.855. The van der Waals surface area contributed by atoms with Gasteiger partial charge in [-0.2, -0.15) is 5.26 Å². The van der Waals surface area contributed by atoms with Crippen LogP contribution in [0.3, 0.4) is 0 Å². The summed E-state index contributed by atoms with van der Waals surface area (Å²) in [5.74, 6) is 0.537. The van der Waals surface area contributed by atoms with Crippen molar-refractivity contribution in [3.8, 4) is 6.07 Å². The monoisotopic (exact) mass is 247 g/mol. The highest BCUT2D eigenvalue weighted by Crippen LogP contribution is 2.22. The van der Waals surface area contributed by atoms with E-state index in [-0.39, 0.29) is 0 Å². The molecule has 1 aromatic heterocycles. The standard InChI is InChI=1S/C13H17N3O2/c1-9-5-10(2)16-12(11(9)6-14)15-7-13(17)3-4-18-8-13/h5,17H,3-4,7-8H2,1-2H3,(H,15,16). The molecule has 18 heavy (non-hydrogen) atoms. The maximum atomic E-state index is 10.2. The zero-order valence-electron chi connectivity index (χ0n) is 10.7. The summed E-state index contributed by atoms with van der Waals surface area (Å²) in [6.45, 7) is 5.01. The molecule has 5 heteroatoms. The van der Waals surface area contributed by atoms with Crippen LogP contribution in [0, 0.1) is 25.2 Å². The van der Waals surface area contributed by atoms with Crippen LogP contribution in [0.4, 0.5) is 5.82 Å². The smallest absolute Gasteiger partial charge is 0.144 e. The molecular formula is C13H17N3O2. The third kappa shape index (κ3) is 2.61. The lowest BCUT2D eigenvalue weighted by Gasteiger charge is -2.21. The number of aromatic nitrogens is 1. The number of rotatable bonds is 3. The van der Waals surface area contributed by atoms with Gasteiger partial charge in [0.25, 0.3) is 0 Å². The van der Waals surface area contributed by atoms with Crippen molar-refractivity contribution in [3.63, 3.8) is 0 Å². The largest absolute Gasteiger partial charge is 0.386 e. The highest BCUT2D eigenvalue weighted by Gasteiger charge is 2.32. The number of aryl methyl sites for hydroxylation is 2. The van der Waals surface area contributed by atoms with Crippen molar-refractivity contribution in [1.82, 2.24) is 4.98 Å². The number of pyridine rings is 1. The van der Waals surface area contributed by atoms with Gasteiger partial charge >= 0.3 is 0 Å². The van der Waals surface area contributed by atoms with Crippen LogP contribution in [0.1, 0.15) is 23.2 Å². The van der Waals surface area contributed by atoms with Crippen LogP contribution in [0.15, 0.2) is 6.07 Å². The van der Waals surface area contributed by atoms with Crippen LogP contribution >= 0.6 is 0 Å². The number of hydrogen-bond acceptors (Lipinski definition) is 5. The molecule has 96 valence electrons. The van der Waals surface area contributed by atoms with E-state index in [1.807, 2.05) is 19.9 Å². The molecule has 0 saturated carbocycles. The Morgan fingerprint density at radius 3 is 3.00 bits per heavy atom. The summed E-state index contributed by atoms with van der Waals surface area (Å²) in [4.78, 5) is 4.31. The van der Waals surface area contributed by atoms with Gasteiger partial charge in [0.1, 0.15) is 17.5 Å². The zero-order chi connectivity index (χ0) is 13.2. The maximum Gasteiger partial charge on any atom is 0.144 e. The summed E-state index contributed by atoms with van der Waals surface area (Å²) in [5, 5.41) is 22.4. The molecule has 2 heterocycles. The first-order chi connectivity index (χ1) is 8.54. The van der Waals surface area contributed by atoms with Gasteiger partial charge in [0.05, 0.1) is 12.2 Å². The van der Waals surface area contributed by atoms with E-state index in [1.165, 1.54) is 0 Å². The van der Waals surface area contributed by atoms with Crippen LogP contribution in [0.2, 0.25) is 0 Å². The second-order valence-corrected chi connectivity index (χ2v) is 4.80. The van der Waals surface area contributed by atoms with E-state index in [2.05, 4.69) is 16.4 Å². The Morgan fingerprint density at radius 2 is 2.39 bits per heavy atom. The number of ether oxygens (including phenoxy) is 1. The molecule has 2 N–H and O–H groups in total. The van der Waals surface area contributed by atoms with E-state index in [1.54, 1.807) is 0 Å². The quantitative estimate of drug-likeness (QED) is 0.837. The Labute approximate surface area is 106 Å². The predicted molar refractivity (Wildman–Crippen MR) is 67.3 cm³/mol. The minimum Gasteiger partial charge on any atom is -0.386 e. The van der Waals surface area contributed by atoms with Crippen molar-refractivity contribution in [1.29, 1.82) is 5.26 Å². The van der Waals surface area contributed by atoms with Crippen molar-refractivity contribution in [2.75, 3.05) is 25.1 Å². The van der Waals surface area contributed by atoms with Crippen LogP contribution in [0.25, 0.3) is 0 Å². The lowest BCUT2D eigenvalue weighted by Crippen LogP contribution is -2.37. The molecule has 0 bridgehead atoms. The number of aliphatic hydroxyl groups is 1. The topological polar surface area (TPSA) is 78.2 Å². The molecule has 1 saturated heterocycles. The molecule has 1 atom stereocenters. The molecule has 1 unspecified atom stereocenters. The van der Waals surface area contributed by atoms with Gasteiger partial charge in [-0.05, 0) is 25.5 Å². The number of nitrogens with one attached hydrogen (secondary N) is 1. The molecule has 1 aliphatic heterocycles. The second-order valence-electron chi connectivity index (χ2n) is 4.80. The van der Waals surface area contributed by atoms with Crippen LogP contribution in [0.5, 0.6) is 0 Å². The van der Waals surface area contributed by atoms with Gasteiger partial charge in [-0.3, -0.25) is 0 Å².